The van der Waals surface area contributed by atoms with Crippen molar-refractivity contribution in [2.45, 2.75) is 456 Å². The number of hydrogen-bond donors (Lipinski definition) is 3. The van der Waals surface area contributed by atoms with Gasteiger partial charge in [-0.05, 0) is 32.1 Å². The number of amides is 1. The zero-order valence-corrected chi connectivity index (χ0v) is 56.7. The average Bonchev–Trinajstić information content (AvgIpc) is 3.49. The van der Waals surface area contributed by atoms with Crippen molar-refractivity contribution in [1.29, 1.82) is 0 Å². The third kappa shape index (κ3) is 69.6. The summed E-state index contributed by atoms with van der Waals surface area (Å²) in [5, 5.41) is 23.2. The van der Waals surface area contributed by atoms with Crippen LogP contribution in [0.25, 0.3) is 0 Å². The molecule has 0 radical (unpaired) electrons. The normalized spacial score (nSPS) is 12.5. The fourth-order valence-electron chi connectivity index (χ4n) is 12.5. The van der Waals surface area contributed by atoms with Crippen LogP contribution in [-0.4, -0.2) is 47.4 Å². The fraction of sp³-hybridized carbons (Fsp3) is 0.948. The molecule has 0 bridgehead atoms. The maximum atomic E-state index is 12.5. The quantitative estimate of drug-likeness (QED) is 0.0320. The van der Waals surface area contributed by atoms with E-state index in [1.54, 1.807) is 6.08 Å². The molecule has 83 heavy (non-hydrogen) atoms. The molecule has 6 nitrogen and oxygen atoms in total. The van der Waals surface area contributed by atoms with E-state index in [1.165, 1.54) is 379 Å². The van der Waals surface area contributed by atoms with Crippen molar-refractivity contribution in [3.05, 3.63) is 12.2 Å². The van der Waals surface area contributed by atoms with Gasteiger partial charge >= 0.3 is 5.97 Å². The third-order valence-electron chi connectivity index (χ3n) is 18.3. The lowest BCUT2D eigenvalue weighted by atomic mass is 10.0. The lowest BCUT2D eigenvalue weighted by Crippen LogP contribution is -2.45. The van der Waals surface area contributed by atoms with Crippen LogP contribution in [0.2, 0.25) is 0 Å². The van der Waals surface area contributed by atoms with Crippen molar-refractivity contribution < 1.29 is 24.5 Å². The Morgan fingerprint density at radius 1 is 0.325 bits per heavy atom. The number of rotatable bonds is 73. The molecule has 0 rings (SSSR count). The Labute approximate surface area is 520 Å². The smallest absolute Gasteiger partial charge is 0.305 e. The number of ether oxygens (including phenoxy) is 1. The Balaban J connectivity index is 3.28. The van der Waals surface area contributed by atoms with Gasteiger partial charge in [0, 0.05) is 12.8 Å². The Morgan fingerprint density at radius 2 is 0.554 bits per heavy atom. The molecule has 1 amide bonds. The predicted molar refractivity (Wildman–Crippen MR) is 366 cm³/mol. The molecule has 0 aliphatic carbocycles. The summed E-state index contributed by atoms with van der Waals surface area (Å²) in [4.78, 5) is 24.5. The fourth-order valence-corrected chi connectivity index (χ4v) is 12.5. The highest BCUT2D eigenvalue weighted by Gasteiger charge is 2.18. The minimum atomic E-state index is -0.839. The molecule has 0 fully saturated rings. The first-order valence-corrected chi connectivity index (χ1v) is 38.5. The summed E-state index contributed by atoms with van der Waals surface area (Å²) in [6, 6.07) is -0.622. The first-order chi connectivity index (χ1) is 41.0. The lowest BCUT2D eigenvalue weighted by Gasteiger charge is -2.20. The van der Waals surface area contributed by atoms with Gasteiger partial charge in [-0.1, -0.05) is 411 Å². The second-order valence-electron chi connectivity index (χ2n) is 26.7. The lowest BCUT2D eigenvalue weighted by molar-refractivity contribution is -0.143. The highest BCUT2D eigenvalue weighted by atomic mass is 16.5. The molecule has 3 N–H and O–H groups in total. The maximum Gasteiger partial charge on any atom is 0.305 e. The molecule has 6 heteroatoms. The zero-order valence-electron chi connectivity index (χ0n) is 56.7. The van der Waals surface area contributed by atoms with E-state index in [4.69, 9.17) is 4.74 Å². The van der Waals surface area contributed by atoms with Crippen LogP contribution in [0.5, 0.6) is 0 Å². The summed E-state index contributed by atoms with van der Waals surface area (Å²) in [5.74, 6) is -0.0327. The molecule has 0 saturated heterocycles. The highest BCUT2D eigenvalue weighted by Crippen LogP contribution is 2.20. The monoisotopic (exact) mass is 1170 g/mol. The van der Waals surface area contributed by atoms with Crippen molar-refractivity contribution in [3.63, 3.8) is 0 Å². The number of nitrogens with one attached hydrogen (secondary N) is 1. The third-order valence-corrected chi connectivity index (χ3v) is 18.3. The number of carbonyl (C=O) groups excluding carboxylic acids is 2. The second-order valence-corrected chi connectivity index (χ2v) is 26.7. The maximum absolute atomic E-state index is 12.5. The van der Waals surface area contributed by atoms with Gasteiger partial charge in [0.05, 0.1) is 25.4 Å². The molecule has 0 saturated carbocycles. The molecular weight excluding hydrogens is 1020 g/mol. The highest BCUT2D eigenvalue weighted by molar-refractivity contribution is 5.76. The van der Waals surface area contributed by atoms with Gasteiger partial charge in [-0.15, -0.1) is 0 Å². The number of aliphatic hydroxyl groups is 2. The number of allylic oxidation sites excluding steroid dienone is 1. The van der Waals surface area contributed by atoms with Crippen molar-refractivity contribution in [2.24, 2.45) is 0 Å². The van der Waals surface area contributed by atoms with E-state index in [-0.39, 0.29) is 18.5 Å². The molecule has 0 aliphatic heterocycles. The molecule has 0 aliphatic rings. The summed E-state index contributed by atoms with van der Waals surface area (Å²) < 4.78 is 5.50. The van der Waals surface area contributed by atoms with Crippen LogP contribution in [0, 0.1) is 0 Å². The summed E-state index contributed by atoms with van der Waals surface area (Å²) >= 11 is 0. The van der Waals surface area contributed by atoms with Crippen molar-refractivity contribution in [3.8, 4) is 0 Å². The van der Waals surface area contributed by atoms with Gasteiger partial charge in [0.25, 0.3) is 0 Å². The molecular formula is C77H151NO5. The summed E-state index contributed by atoms with van der Waals surface area (Å²) in [6.07, 6.45) is 92.0. The average molecular weight is 1170 g/mol. The SMILES string of the molecule is CCCCCCCCCCCCCC/C=C/C(O)C(CO)NC(=O)CCCCCCCCCCCCCCCCCCCCCCCCCCCCCCCCCCCCCCCCCOC(=O)CCCCCCCCCCCCCCC. The van der Waals surface area contributed by atoms with Gasteiger partial charge in [-0.3, -0.25) is 9.59 Å². The van der Waals surface area contributed by atoms with Crippen LogP contribution in [0.15, 0.2) is 12.2 Å². The predicted octanol–water partition coefficient (Wildman–Crippen LogP) is 25.1. The van der Waals surface area contributed by atoms with E-state index < -0.39 is 12.1 Å². The second kappa shape index (κ2) is 73.1. The minimum Gasteiger partial charge on any atom is -0.466 e. The van der Waals surface area contributed by atoms with E-state index >= 15 is 0 Å². The molecule has 0 aromatic heterocycles. The van der Waals surface area contributed by atoms with Gasteiger partial charge in [0.1, 0.15) is 0 Å². The van der Waals surface area contributed by atoms with E-state index in [0.717, 1.165) is 38.5 Å². The molecule has 494 valence electrons. The number of hydrogen-bond acceptors (Lipinski definition) is 5. The van der Waals surface area contributed by atoms with E-state index in [1.807, 2.05) is 6.08 Å². The van der Waals surface area contributed by atoms with Crippen LogP contribution < -0.4 is 5.32 Å². The van der Waals surface area contributed by atoms with Crippen LogP contribution in [0.4, 0.5) is 0 Å². The van der Waals surface area contributed by atoms with Gasteiger partial charge in [-0.2, -0.15) is 0 Å². The van der Waals surface area contributed by atoms with E-state index in [9.17, 15) is 19.8 Å². The van der Waals surface area contributed by atoms with Gasteiger partial charge < -0.3 is 20.3 Å². The van der Waals surface area contributed by atoms with Crippen LogP contribution >= 0.6 is 0 Å². The molecule has 2 atom stereocenters. The molecule has 2 unspecified atom stereocenters. The van der Waals surface area contributed by atoms with Crippen LogP contribution in [-0.2, 0) is 14.3 Å². The van der Waals surface area contributed by atoms with Crippen LogP contribution in [0.3, 0.4) is 0 Å². The summed E-state index contributed by atoms with van der Waals surface area (Å²) in [5.41, 5.74) is 0. The van der Waals surface area contributed by atoms with Crippen molar-refractivity contribution >= 4 is 11.9 Å². The zero-order chi connectivity index (χ0) is 59.9. The molecule has 0 heterocycles. The topological polar surface area (TPSA) is 95.9 Å². The number of esters is 1. The minimum absolute atomic E-state index is 0.0263. The van der Waals surface area contributed by atoms with E-state index in [2.05, 4.69) is 19.2 Å². The number of carbonyl (C=O) groups is 2. The summed E-state index contributed by atoms with van der Waals surface area (Å²) in [7, 11) is 0. The van der Waals surface area contributed by atoms with Crippen molar-refractivity contribution in [1.82, 2.24) is 5.32 Å². The Kier molecular flexibility index (Phi) is 71.8. The van der Waals surface area contributed by atoms with Gasteiger partial charge in [-0.25, -0.2) is 0 Å². The Morgan fingerprint density at radius 3 is 0.819 bits per heavy atom. The first kappa shape index (κ1) is 81.6. The Bertz CT molecular complexity index is 1260. The van der Waals surface area contributed by atoms with Crippen LogP contribution in [0.1, 0.15) is 444 Å². The standard InChI is InChI=1S/C77H151NO5/c1-3-5-7-9-11-13-15-17-46-49-53-57-61-65-69-75(80)74(73-79)78-76(81)70-66-62-58-54-50-47-43-41-39-37-35-33-31-29-27-25-23-21-19-18-20-22-24-26-28-30-32-34-36-38-40-42-44-48-52-56-60-64-68-72-83-77(82)71-67-63-59-55-51-45-16-14-12-10-8-6-4-2/h65,69,74-75,79-80H,3-64,66-68,70-73H2,1-2H3,(H,78,81)/b69-65+. The molecule has 0 aromatic carbocycles. The largest absolute Gasteiger partial charge is 0.466 e. The van der Waals surface area contributed by atoms with E-state index in [0.29, 0.717) is 19.4 Å². The first-order valence-electron chi connectivity index (χ1n) is 38.5. The molecule has 0 aromatic rings. The van der Waals surface area contributed by atoms with Crippen molar-refractivity contribution in [2.75, 3.05) is 13.2 Å². The summed E-state index contributed by atoms with van der Waals surface area (Å²) in [6.45, 7) is 4.95. The van der Waals surface area contributed by atoms with Gasteiger partial charge in [0.15, 0.2) is 0 Å². The van der Waals surface area contributed by atoms with Gasteiger partial charge in [0.2, 0.25) is 5.91 Å². The number of unbranched alkanes of at least 4 members (excludes halogenated alkanes) is 62. The molecule has 0 spiro atoms. The number of aliphatic hydroxyl groups excluding tert-OH is 2. The Hall–Kier alpha value is -1.40.